The lowest BCUT2D eigenvalue weighted by molar-refractivity contribution is -0.142. The number of fused-ring (bicyclic) bond motifs is 2. The van der Waals surface area contributed by atoms with Gasteiger partial charge >= 0.3 is 5.97 Å². The van der Waals surface area contributed by atoms with Crippen molar-refractivity contribution in [2.75, 3.05) is 12.3 Å². The molecule has 0 spiro atoms. The molecule has 0 aliphatic heterocycles. The SMILES string of the molecule is CCOC(=O)Cc1ccccc1OCc1nn([C@H](C)CC)c2ccc(-c3cccc4c(N)nccc34)cc12. The smallest absolute Gasteiger partial charge is 0.310 e. The van der Waals surface area contributed by atoms with Crippen molar-refractivity contribution in [2.45, 2.75) is 46.3 Å². The first kappa shape index (κ1) is 25.3. The van der Waals surface area contributed by atoms with Crippen LogP contribution in [0.1, 0.15) is 44.5 Å². The van der Waals surface area contributed by atoms with Gasteiger partial charge in [0.1, 0.15) is 23.9 Å². The number of rotatable bonds is 9. The highest BCUT2D eigenvalue weighted by molar-refractivity contribution is 6.02. The van der Waals surface area contributed by atoms with Crippen LogP contribution in [-0.2, 0) is 22.6 Å². The van der Waals surface area contributed by atoms with Crippen molar-refractivity contribution < 1.29 is 14.3 Å². The first-order valence-electron chi connectivity index (χ1n) is 13.0. The molecule has 1 atom stereocenters. The van der Waals surface area contributed by atoms with E-state index in [4.69, 9.17) is 20.3 Å². The maximum Gasteiger partial charge on any atom is 0.310 e. The van der Waals surface area contributed by atoms with Gasteiger partial charge in [0.25, 0.3) is 0 Å². The maximum absolute atomic E-state index is 12.1. The summed E-state index contributed by atoms with van der Waals surface area (Å²) in [5, 5.41) is 8.00. The van der Waals surface area contributed by atoms with Gasteiger partial charge in [-0.3, -0.25) is 9.48 Å². The summed E-state index contributed by atoms with van der Waals surface area (Å²) in [6.45, 7) is 6.75. The van der Waals surface area contributed by atoms with Crippen LogP contribution in [-0.4, -0.2) is 27.3 Å². The third kappa shape index (κ3) is 4.92. The molecular weight excluding hydrogens is 476 g/mol. The molecule has 2 aromatic heterocycles. The van der Waals surface area contributed by atoms with Gasteiger partial charge in [0.15, 0.2) is 0 Å². The van der Waals surface area contributed by atoms with Gasteiger partial charge in [-0.2, -0.15) is 5.10 Å². The predicted molar refractivity (Wildman–Crippen MR) is 151 cm³/mol. The number of hydrogen-bond acceptors (Lipinski definition) is 6. The van der Waals surface area contributed by atoms with E-state index in [1.165, 1.54) is 0 Å². The lowest BCUT2D eigenvalue weighted by Gasteiger charge is -2.11. The Balaban J connectivity index is 1.54. The number of nitrogens with two attached hydrogens (primary N) is 1. The number of esters is 1. The number of ether oxygens (including phenoxy) is 2. The van der Waals surface area contributed by atoms with Crippen molar-refractivity contribution in [3.63, 3.8) is 0 Å². The van der Waals surface area contributed by atoms with Gasteiger partial charge in [0.2, 0.25) is 0 Å². The lowest BCUT2D eigenvalue weighted by atomic mass is 9.97. The zero-order chi connectivity index (χ0) is 26.6. The molecule has 0 saturated heterocycles. The van der Waals surface area contributed by atoms with Crippen LogP contribution in [0, 0.1) is 0 Å². The van der Waals surface area contributed by atoms with E-state index in [1.54, 1.807) is 13.1 Å². The van der Waals surface area contributed by atoms with Crippen LogP contribution in [0.3, 0.4) is 0 Å². The quantitative estimate of drug-likeness (QED) is 0.229. The zero-order valence-corrected chi connectivity index (χ0v) is 22.0. The molecule has 0 aliphatic rings. The normalized spacial score (nSPS) is 12.1. The average molecular weight is 509 g/mol. The molecular formula is C31H32N4O3. The number of anilines is 1. The summed E-state index contributed by atoms with van der Waals surface area (Å²) < 4.78 is 13.5. The minimum absolute atomic E-state index is 0.162. The highest BCUT2D eigenvalue weighted by Crippen LogP contribution is 2.34. The molecule has 7 nitrogen and oxygen atoms in total. The number of aromatic nitrogens is 3. The van der Waals surface area contributed by atoms with Crippen LogP contribution in [0.4, 0.5) is 5.82 Å². The van der Waals surface area contributed by atoms with Crippen LogP contribution in [0.25, 0.3) is 32.8 Å². The summed E-state index contributed by atoms with van der Waals surface area (Å²) in [7, 11) is 0. The zero-order valence-electron chi connectivity index (χ0n) is 22.0. The number of nitrogens with zero attached hydrogens (tertiary/aromatic N) is 3. The van der Waals surface area contributed by atoms with Crippen molar-refractivity contribution in [2.24, 2.45) is 0 Å². The minimum Gasteiger partial charge on any atom is -0.487 e. The highest BCUT2D eigenvalue weighted by Gasteiger charge is 2.17. The summed E-state index contributed by atoms with van der Waals surface area (Å²) in [6.07, 6.45) is 2.86. The third-order valence-electron chi connectivity index (χ3n) is 6.92. The van der Waals surface area contributed by atoms with E-state index >= 15 is 0 Å². The topological polar surface area (TPSA) is 92.3 Å². The summed E-state index contributed by atoms with van der Waals surface area (Å²) in [6, 6.07) is 22.3. The average Bonchev–Trinajstić information content (AvgIpc) is 3.30. The Hall–Kier alpha value is -4.39. The van der Waals surface area contributed by atoms with Crippen LogP contribution in [0.2, 0.25) is 0 Å². The fraction of sp³-hybridized carbons (Fsp3) is 0.258. The first-order valence-corrected chi connectivity index (χ1v) is 13.0. The van der Waals surface area contributed by atoms with E-state index in [-0.39, 0.29) is 25.0 Å². The number of hydrogen-bond donors (Lipinski definition) is 1. The Morgan fingerprint density at radius 2 is 1.84 bits per heavy atom. The van der Waals surface area contributed by atoms with Crippen molar-refractivity contribution >= 4 is 33.5 Å². The van der Waals surface area contributed by atoms with Crippen molar-refractivity contribution in [3.05, 3.63) is 84.2 Å². The van der Waals surface area contributed by atoms with Gasteiger partial charge in [0, 0.05) is 28.6 Å². The van der Waals surface area contributed by atoms with Crippen LogP contribution < -0.4 is 10.5 Å². The molecule has 0 fully saturated rings. The Bertz CT molecular complexity index is 1610. The van der Waals surface area contributed by atoms with Crippen LogP contribution in [0.15, 0.2) is 72.9 Å². The number of carbonyl (C=O) groups is 1. The largest absolute Gasteiger partial charge is 0.487 e. The Morgan fingerprint density at radius 3 is 2.66 bits per heavy atom. The Morgan fingerprint density at radius 1 is 1.00 bits per heavy atom. The summed E-state index contributed by atoms with van der Waals surface area (Å²) in [5.74, 6) is 0.899. The van der Waals surface area contributed by atoms with E-state index < -0.39 is 0 Å². The van der Waals surface area contributed by atoms with E-state index in [2.05, 4.69) is 47.8 Å². The second-order valence-electron chi connectivity index (χ2n) is 9.36. The third-order valence-corrected chi connectivity index (χ3v) is 6.92. The molecule has 5 rings (SSSR count). The van der Waals surface area contributed by atoms with Gasteiger partial charge in [-0.25, -0.2) is 4.98 Å². The minimum atomic E-state index is -0.273. The first-order chi connectivity index (χ1) is 18.5. The van der Waals surface area contributed by atoms with Gasteiger partial charge in [0.05, 0.1) is 18.5 Å². The molecule has 2 N–H and O–H groups in total. The van der Waals surface area contributed by atoms with Gasteiger partial charge < -0.3 is 15.2 Å². The molecule has 2 heterocycles. The lowest BCUT2D eigenvalue weighted by Crippen LogP contribution is -2.09. The molecule has 0 aliphatic carbocycles. The van der Waals surface area contributed by atoms with Gasteiger partial charge in [-0.15, -0.1) is 0 Å². The van der Waals surface area contributed by atoms with Crippen molar-refractivity contribution in [1.82, 2.24) is 14.8 Å². The molecule has 0 bridgehead atoms. The highest BCUT2D eigenvalue weighted by atomic mass is 16.5. The Labute approximate surface area is 222 Å². The molecule has 0 unspecified atom stereocenters. The van der Waals surface area contributed by atoms with E-state index in [1.807, 2.05) is 42.5 Å². The fourth-order valence-corrected chi connectivity index (χ4v) is 4.77. The van der Waals surface area contributed by atoms with Gasteiger partial charge in [-0.05, 0) is 61.0 Å². The van der Waals surface area contributed by atoms with E-state index in [0.29, 0.717) is 18.2 Å². The standard InChI is InChI=1S/C31H32N4O3/c1-4-20(3)35-28-14-13-21(23-10-8-11-25-24(23)15-16-33-31(25)32)17-26(28)27(34-35)19-38-29-12-7-6-9-22(29)18-30(36)37-5-2/h6-17,20H,4-5,18-19H2,1-3H3,(H2,32,33)/t20-/m1/s1. The number of nitrogen functional groups attached to an aromatic ring is 1. The molecule has 3 aromatic carbocycles. The molecule has 7 heteroatoms. The number of carbonyl (C=O) groups excluding carboxylic acids is 1. The summed E-state index contributed by atoms with van der Waals surface area (Å²) in [4.78, 5) is 16.4. The van der Waals surface area contributed by atoms with Crippen molar-refractivity contribution in [1.29, 1.82) is 0 Å². The monoisotopic (exact) mass is 508 g/mol. The van der Waals surface area contributed by atoms with E-state index in [0.717, 1.165) is 50.5 Å². The van der Waals surface area contributed by atoms with E-state index in [9.17, 15) is 4.79 Å². The molecule has 38 heavy (non-hydrogen) atoms. The second-order valence-corrected chi connectivity index (χ2v) is 9.36. The molecule has 0 amide bonds. The summed E-state index contributed by atoms with van der Waals surface area (Å²) in [5.41, 5.74) is 11.0. The Kier molecular flexibility index (Phi) is 7.26. The predicted octanol–water partition coefficient (Wildman–Crippen LogP) is 6.49. The second kappa shape index (κ2) is 10.9. The maximum atomic E-state index is 12.1. The molecule has 194 valence electrons. The number of benzene rings is 3. The van der Waals surface area contributed by atoms with Crippen molar-refractivity contribution in [3.8, 4) is 16.9 Å². The molecule has 5 aromatic rings. The number of pyridine rings is 1. The van der Waals surface area contributed by atoms with Gasteiger partial charge in [-0.1, -0.05) is 49.4 Å². The molecule has 0 saturated carbocycles. The fourth-order valence-electron chi connectivity index (χ4n) is 4.77. The summed E-state index contributed by atoms with van der Waals surface area (Å²) >= 11 is 0. The van der Waals surface area contributed by atoms with Crippen LogP contribution in [0.5, 0.6) is 5.75 Å². The van der Waals surface area contributed by atoms with Crippen LogP contribution >= 0.6 is 0 Å². The molecule has 0 radical (unpaired) electrons. The number of para-hydroxylation sites is 1.